The summed E-state index contributed by atoms with van der Waals surface area (Å²) in [6.45, 7) is 1.14. The predicted octanol–water partition coefficient (Wildman–Crippen LogP) is 2.76. The standard InChI is InChI=1S/C20H20ClN3O5/c1-20(12-4-6-13(21)7-5-12)18(26)24(19(27)23-20)11-17(25)22-15-9-8-14(28-2)10-16(15)29-3/h4-10H,11H2,1-3H3,(H,22,25)(H,23,27)/t20-/m1/s1. The largest absolute Gasteiger partial charge is 0.497 e. The van der Waals surface area contributed by atoms with Crippen molar-refractivity contribution in [1.82, 2.24) is 10.2 Å². The average molecular weight is 418 g/mol. The van der Waals surface area contributed by atoms with E-state index < -0.39 is 29.9 Å². The second kappa shape index (κ2) is 8.00. The monoisotopic (exact) mass is 417 g/mol. The average Bonchev–Trinajstić information content (AvgIpc) is 2.92. The zero-order chi connectivity index (χ0) is 21.2. The number of halogens is 1. The van der Waals surface area contributed by atoms with Gasteiger partial charge < -0.3 is 20.1 Å². The van der Waals surface area contributed by atoms with Gasteiger partial charge in [-0.2, -0.15) is 0 Å². The van der Waals surface area contributed by atoms with Crippen molar-refractivity contribution in [1.29, 1.82) is 0 Å². The molecule has 0 aliphatic carbocycles. The van der Waals surface area contributed by atoms with Crippen molar-refractivity contribution in [3.8, 4) is 11.5 Å². The molecule has 1 atom stereocenters. The molecule has 1 aliphatic rings. The molecule has 4 amide bonds. The summed E-state index contributed by atoms with van der Waals surface area (Å²) in [6.07, 6.45) is 0. The Morgan fingerprint density at radius 1 is 1.14 bits per heavy atom. The van der Waals surface area contributed by atoms with Crippen LogP contribution in [0.25, 0.3) is 0 Å². The van der Waals surface area contributed by atoms with Crippen molar-refractivity contribution >= 4 is 35.1 Å². The van der Waals surface area contributed by atoms with Crippen LogP contribution in [0.3, 0.4) is 0 Å². The number of carbonyl (C=O) groups excluding carboxylic acids is 3. The minimum atomic E-state index is -1.28. The minimum absolute atomic E-state index is 0.390. The maximum Gasteiger partial charge on any atom is 0.325 e. The van der Waals surface area contributed by atoms with Crippen LogP contribution < -0.4 is 20.1 Å². The molecule has 3 rings (SSSR count). The number of imide groups is 1. The molecular weight excluding hydrogens is 398 g/mol. The number of nitrogens with zero attached hydrogens (tertiary/aromatic N) is 1. The fourth-order valence-corrected chi connectivity index (χ4v) is 3.18. The van der Waals surface area contributed by atoms with E-state index in [0.29, 0.717) is 27.8 Å². The molecule has 0 unspecified atom stereocenters. The number of rotatable bonds is 6. The van der Waals surface area contributed by atoms with Crippen molar-refractivity contribution in [2.24, 2.45) is 0 Å². The van der Waals surface area contributed by atoms with E-state index in [0.717, 1.165) is 4.90 Å². The van der Waals surface area contributed by atoms with Crippen LogP contribution >= 0.6 is 11.6 Å². The quantitative estimate of drug-likeness (QED) is 0.704. The number of carbonyl (C=O) groups is 3. The Balaban J connectivity index is 1.75. The van der Waals surface area contributed by atoms with Crippen molar-refractivity contribution in [2.45, 2.75) is 12.5 Å². The van der Waals surface area contributed by atoms with Gasteiger partial charge in [-0.05, 0) is 36.8 Å². The zero-order valence-corrected chi connectivity index (χ0v) is 16.9. The Morgan fingerprint density at radius 3 is 2.45 bits per heavy atom. The van der Waals surface area contributed by atoms with Gasteiger partial charge in [-0.25, -0.2) is 4.79 Å². The van der Waals surface area contributed by atoms with Gasteiger partial charge in [0.05, 0.1) is 19.9 Å². The van der Waals surface area contributed by atoms with Gasteiger partial charge in [0.15, 0.2) is 0 Å². The number of anilines is 1. The molecule has 1 aliphatic heterocycles. The van der Waals surface area contributed by atoms with Gasteiger partial charge in [0.2, 0.25) is 5.91 Å². The van der Waals surface area contributed by atoms with E-state index in [1.807, 2.05) is 0 Å². The number of hydrogen-bond donors (Lipinski definition) is 2. The summed E-state index contributed by atoms with van der Waals surface area (Å²) < 4.78 is 10.4. The molecule has 2 aromatic rings. The van der Waals surface area contributed by atoms with Crippen molar-refractivity contribution in [3.63, 3.8) is 0 Å². The summed E-state index contributed by atoms with van der Waals surface area (Å²) in [4.78, 5) is 38.6. The fraction of sp³-hybridized carbons (Fsp3) is 0.250. The second-order valence-corrected chi connectivity index (χ2v) is 7.00. The summed E-state index contributed by atoms with van der Waals surface area (Å²) in [5.74, 6) is -0.118. The van der Waals surface area contributed by atoms with Gasteiger partial charge in [0.1, 0.15) is 23.6 Å². The van der Waals surface area contributed by atoms with Gasteiger partial charge in [0, 0.05) is 11.1 Å². The highest BCUT2D eigenvalue weighted by atomic mass is 35.5. The SMILES string of the molecule is COc1ccc(NC(=O)CN2C(=O)N[C@](C)(c3ccc(Cl)cc3)C2=O)c(OC)c1. The van der Waals surface area contributed by atoms with Crippen LogP contribution in [0.2, 0.25) is 5.02 Å². The molecule has 1 heterocycles. The smallest absolute Gasteiger partial charge is 0.325 e. The summed E-state index contributed by atoms with van der Waals surface area (Å²) in [5, 5.41) is 5.80. The van der Waals surface area contributed by atoms with E-state index in [2.05, 4.69) is 10.6 Å². The van der Waals surface area contributed by atoms with Crippen LogP contribution in [0, 0.1) is 0 Å². The van der Waals surface area contributed by atoms with E-state index in [4.69, 9.17) is 21.1 Å². The fourth-order valence-electron chi connectivity index (χ4n) is 3.05. The summed E-state index contributed by atoms with van der Waals surface area (Å²) in [6, 6.07) is 10.8. The molecular formula is C20H20ClN3O5. The molecule has 0 aromatic heterocycles. The molecule has 152 valence electrons. The third-order valence-electron chi connectivity index (χ3n) is 4.68. The Kier molecular flexibility index (Phi) is 5.65. The molecule has 0 bridgehead atoms. The van der Waals surface area contributed by atoms with Crippen LogP contribution in [0.5, 0.6) is 11.5 Å². The van der Waals surface area contributed by atoms with Crippen LogP contribution in [-0.4, -0.2) is 43.5 Å². The van der Waals surface area contributed by atoms with Gasteiger partial charge in [-0.3, -0.25) is 14.5 Å². The summed E-state index contributed by atoms with van der Waals surface area (Å²) in [7, 11) is 2.97. The van der Waals surface area contributed by atoms with Gasteiger partial charge in [-0.1, -0.05) is 23.7 Å². The number of benzene rings is 2. The highest BCUT2D eigenvalue weighted by Gasteiger charge is 2.49. The number of methoxy groups -OCH3 is 2. The van der Waals surface area contributed by atoms with Crippen LogP contribution in [0.15, 0.2) is 42.5 Å². The highest BCUT2D eigenvalue weighted by Crippen LogP contribution is 2.31. The topological polar surface area (TPSA) is 97.0 Å². The van der Waals surface area contributed by atoms with Crippen molar-refractivity contribution in [2.75, 3.05) is 26.1 Å². The first kappa shape index (κ1) is 20.5. The molecule has 1 saturated heterocycles. The maximum absolute atomic E-state index is 12.9. The maximum atomic E-state index is 12.9. The van der Waals surface area contributed by atoms with E-state index >= 15 is 0 Å². The van der Waals surface area contributed by atoms with Gasteiger partial charge in [0.25, 0.3) is 5.91 Å². The number of amides is 4. The van der Waals surface area contributed by atoms with Crippen LogP contribution in [0.4, 0.5) is 10.5 Å². The van der Waals surface area contributed by atoms with Crippen molar-refractivity contribution < 1.29 is 23.9 Å². The van der Waals surface area contributed by atoms with E-state index in [1.54, 1.807) is 49.4 Å². The lowest BCUT2D eigenvalue weighted by atomic mass is 9.92. The first-order chi connectivity index (χ1) is 13.8. The lowest BCUT2D eigenvalue weighted by Crippen LogP contribution is -2.42. The summed E-state index contributed by atoms with van der Waals surface area (Å²) >= 11 is 5.89. The Hall–Kier alpha value is -3.26. The molecule has 0 spiro atoms. The molecule has 0 saturated carbocycles. The van der Waals surface area contributed by atoms with Crippen molar-refractivity contribution in [3.05, 3.63) is 53.1 Å². The third-order valence-corrected chi connectivity index (χ3v) is 4.93. The molecule has 2 aromatic carbocycles. The molecule has 1 fully saturated rings. The Morgan fingerprint density at radius 2 is 1.83 bits per heavy atom. The number of hydrogen-bond acceptors (Lipinski definition) is 5. The predicted molar refractivity (Wildman–Crippen MR) is 107 cm³/mol. The van der Waals surface area contributed by atoms with Gasteiger partial charge >= 0.3 is 6.03 Å². The molecule has 2 N–H and O–H groups in total. The normalized spacial score (nSPS) is 18.4. The first-order valence-corrected chi connectivity index (χ1v) is 9.08. The van der Waals surface area contributed by atoms with E-state index in [9.17, 15) is 14.4 Å². The molecule has 8 nitrogen and oxygen atoms in total. The zero-order valence-electron chi connectivity index (χ0n) is 16.1. The second-order valence-electron chi connectivity index (χ2n) is 6.57. The highest BCUT2D eigenvalue weighted by molar-refractivity contribution is 6.30. The summed E-state index contributed by atoms with van der Waals surface area (Å²) in [5.41, 5.74) is -0.314. The first-order valence-electron chi connectivity index (χ1n) is 8.70. The van der Waals surface area contributed by atoms with Gasteiger partial charge in [-0.15, -0.1) is 0 Å². The van der Waals surface area contributed by atoms with E-state index in [-0.39, 0.29) is 0 Å². The number of urea groups is 1. The lowest BCUT2D eigenvalue weighted by Gasteiger charge is -2.22. The molecule has 29 heavy (non-hydrogen) atoms. The molecule has 9 heteroatoms. The van der Waals surface area contributed by atoms with Crippen LogP contribution in [0.1, 0.15) is 12.5 Å². The Bertz CT molecular complexity index is 963. The van der Waals surface area contributed by atoms with E-state index in [1.165, 1.54) is 14.2 Å². The number of ether oxygens (including phenoxy) is 2. The number of nitrogens with one attached hydrogen (secondary N) is 2. The lowest BCUT2D eigenvalue weighted by molar-refractivity contribution is -0.133. The minimum Gasteiger partial charge on any atom is -0.497 e. The molecule has 0 radical (unpaired) electrons. The Labute approximate surface area is 172 Å². The van der Waals surface area contributed by atoms with Crippen LogP contribution in [-0.2, 0) is 15.1 Å². The third kappa shape index (κ3) is 3.97.